The zero-order valence-electron chi connectivity index (χ0n) is 11.4. The lowest BCUT2D eigenvalue weighted by Gasteiger charge is -2.13. The average molecular weight is 245 g/mol. The number of rotatable bonds is 4. The molecule has 0 aliphatic heterocycles. The van der Waals surface area contributed by atoms with Gasteiger partial charge in [-0.25, -0.2) is 14.6 Å². The standard InChI is InChI=1S/C13H19N5/c1-5-11-12(14-6-2)15-8-16-13(11)18-10(4)7-9(3)17-18/h7-8H,5-6H2,1-4H3,(H,14,15,16). The van der Waals surface area contributed by atoms with Gasteiger partial charge in [0, 0.05) is 17.8 Å². The summed E-state index contributed by atoms with van der Waals surface area (Å²) in [6.07, 6.45) is 2.46. The highest BCUT2D eigenvalue weighted by Gasteiger charge is 2.13. The topological polar surface area (TPSA) is 55.6 Å². The third kappa shape index (κ3) is 2.20. The molecule has 0 aliphatic rings. The Morgan fingerprint density at radius 3 is 2.56 bits per heavy atom. The first-order valence-corrected chi connectivity index (χ1v) is 6.28. The quantitative estimate of drug-likeness (QED) is 0.897. The predicted octanol–water partition coefficient (Wildman–Crippen LogP) is 2.27. The first-order chi connectivity index (χ1) is 8.67. The van der Waals surface area contributed by atoms with Gasteiger partial charge in [-0.05, 0) is 33.3 Å². The molecule has 1 N–H and O–H groups in total. The van der Waals surface area contributed by atoms with E-state index in [9.17, 15) is 0 Å². The molecule has 0 unspecified atom stereocenters. The monoisotopic (exact) mass is 245 g/mol. The molecule has 5 heteroatoms. The molecule has 0 saturated heterocycles. The van der Waals surface area contributed by atoms with Crippen molar-refractivity contribution in [3.8, 4) is 5.82 Å². The van der Waals surface area contributed by atoms with E-state index in [2.05, 4.69) is 40.3 Å². The van der Waals surface area contributed by atoms with Crippen molar-refractivity contribution in [2.45, 2.75) is 34.1 Å². The van der Waals surface area contributed by atoms with Crippen molar-refractivity contribution in [3.63, 3.8) is 0 Å². The number of aryl methyl sites for hydroxylation is 2. The molecule has 18 heavy (non-hydrogen) atoms. The van der Waals surface area contributed by atoms with Gasteiger partial charge in [-0.15, -0.1) is 0 Å². The summed E-state index contributed by atoms with van der Waals surface area (Å²) in [6, 6.07) is 2.05. The van der Waals surface area contributed by atoms with E-state index in [1.165, 1.54) is 0 Å². The predicted molar refractivity (Wildman–Crippen MR) is 72.2 cm³/mol. The molecule has 0 amide bonds. The summed E-state index contributed by atoms with van der Waals surface area (Å²) in [5.41, 5.74) is 3.19. The molecule has 0 radical (unpaired) electrons. The van der Waals surface area contributed by atoms with Gasteiger partial charge in [0.15, 0.2) is 5.82 Å². The molecule has 0 bridgehead atoms. The Morgan fingerprint density at radius 1 is 1.22 bits per heavy atom. The molecule has 5 nitrogen and oxygen atoms in total. The number of nitrogens with one attached hydrogen (secondary N) is 1. The molecular formula is C13H19N5. The van der Waals surface area contributed by atoms with Gasteiger partial charge in [0.25, 0.3) is 0 Å². The summed E-state index contributed by atoms with van der Waals surface area (Å²) >= 11 is 0. The summed E-state index contributed by atoms with van der Waals surface area (Å²) in [5.74, 6) is 1.77. The minimum Gasteiger partial charge on any atom is -0.370 e. The number of nitrogens with zero attached hydrogens (tertiary/aromatic N) is 4. The van der Waals surface area contributed by atoms with Gasteiger partial charge >= 0.3 is 0 Å². The van der Waals surface area contributed by atoms with Crippen LogP contribution in [0.2, 0.25) is 0 Å². The Balaban J connectivity index is 2.56. The molecule has 2 rings (SSSR count). The highest BCUT2D eigenvalue weighted by atomic mass is 15.3. The van der Waals surface area contributed by atoms with Gasteiger partial charge in [0.1, 0.15) is 12.1 Å². The van der Waals surface area contributed by atoms with Crippen molar-refractivity contribution in [1.82, 2.24) is 19.7 Å². The van der Waals surface area contributed by atoms with Crippen LogP contribution >= 0.6 is 0 Å². The molecule has 0 fully saturated rings. The molecule has 0 aromatic carbocycles. The Labute approximate surface area is 107 Å². The Hall–Kier alpha value is -1.91. The molecular weight excluding hydrogens is 226 g/mol. The maximum atomic E-state index is 4.49. The molecule has 2 aromatic heterocycles. The van der Waals surface area contributed by atoms with E-state index in [1.54, 1.807) is 6.33 Å². The Bertz CT molecular complexity index is 544. The molecule has 2 aromatic rings. The lowest BCUT2D eigenvalue weighted by Crippen LogP contribution is -2.11. The van der Waals surface area contributed by atoms with Crippen molar-refractivity contribution < 1.29 is 0 Å². The molecule has 2 heterocycles. The van der Waals surface area contributed by atoms with Crippen LogP contribution in [-0.4, -0.2) is 26.3 Å². The largest absolute Gasteiger partial charge is 0.370 e. The molecule has 0 saturated carbocycles. The Morgan fingerprint density at radius 2 is 2.00 bits per heavy atom. The van der Waals surface area contributed by atoms with Crippen LogP contribution in [0.5, 0.6) is 0 Å². The first-order valence-electron chi connectivity index (χ1n) is 6.28. The fourth-order valence-corrected chi connectivity index (χ4v) is 2.07. The number of aromatic nitrogens is 4. The van der Waals surface area contributed by atoms with Gasteiger partial charge in [-0.1, -0.05) is 6.92 Å². The fraction of sp³-hybridized carbons (Fsp3) is 0.462. The summed E-state index contributed by atoms with van der Waals surface area (Å²) in [7, 11) is 0. The van der Waals surface area contributed by atoms with Gasteiger partial charge < -0.3 is 5.32 Å². The van der Waals surface area contributed by atoms with Crippen LogP contribution in [-0.2, 0) is 6.42 Å². The lowest BCUT2D eigenvalue weighted by molar-refractivity contribution is 0.784. The van der Waals surface area contributed by atoms with E-state index in [-0.39, 0.29) is 0 Å². The molecule has 0 atom stereocenters. The van der Waals surface area contributed by atoms with Crippen LogP contribution in [0.4, 0.5) is 5.82 Å². The number of hydrogen-bond acceptors (Lipinski definition) is 4. The molecule has 0 aliphatic carbocycles. The van der Waals surface area contributed by atoms with Crippen LogP contribution in [0.1, 0.15) is 30.8 Å². The van der Waals surface area contributed by atoms with Gasteiger partial charge in [-0.2, -0.15) is 5.10 Å². The molecule has 96 valence electrons. The van der Waals surface area contributed by atoms with Crippen molar-refractivity contribution in [2.75, 3.05) is 11.9 Å². The minimum atomic E-state index is 0.848. The van der Waals surface area contributed by atoms with E-state index in [0.29, 0.717) is 0 Å². The maximum absolute atomic E-state index is 4.49. The zero-order chi connectivity index (χ0) is 13.1. The van der Waals surface area contributed by atoms with Gasteiger partial charge in [0.05, 0.1) is 5.69 Å². The summed E-state index contributed by atoms with van der Waals surface area (Å²) in [5, 5.41) is 7.76. The van der Waals surface area contributed by atoms with Crippen molar-refractivity contribution in [2.24, 2.45) is 0 Å². The Kier molecular flexibility index (Phi) is 3.60. The average Bonchev–Trinajstić information content (AvgIpc) is 2.68. The minimum absolute atomic E-state index is 0.848. The van der Waals surface area contributed by atoms with Gasteiger partial charge in [-0.3, -0.25) is 0 Å². The highest BCUT2D eigenvalue weighted by molar-refractivity contribution is 5.52. The van der Waals surface area contributed by atoms with E-state index in [0.717, 1.165) is 41.6 Å². The first kappa shape index (κ1) is 12.5. The lowest BCUT2D eigenvalue weighted by atomic mass is 10.2. The SMILES string of the molecule is CCNc1ncnc(-n2nc(C)cc2C)c1CC. The maximum Gasteiger partial charge on any atom is 0.162 e. The van der Waals surface area contributed by atoms with Crippen LogP contribution in [0.25, 0.3) is 5.82 Å². The van der Waals surface area contributed by atoms with Crippen LogP contribution in [0.15, 0.2) is 12.4 Å². The van der Waals surface area contributed by atoms with Gasteiger partial charge in [0.2, 0.25) is 0 Å². The normalized spacial score (nSPS) is 10.7. The summed E-state index contributed by atoms with van der Waals surface area (Å²) in [6.45, 7) is 9.04. The van der Waals surface area contributed by atoms with E-state index in [4.69, 9.17) is 0 Å². The van der Waals surface area contributed by atoms with Crippen LogP contribution in [0.3, 0.4) is 0 Å². The van der Waals surface area contributed by atoms with E-state index < -0.39 is 0 Å². The fourth-order valence-electron chi connectivity index (χ4n) is 2.07. The highest BCUT2D eigenvalue weighted by Crippen LogP contribution is 2.20. The second-order valence-corrected chi connectivity index (χ2v) is 4.25. The molecule has 0 spiro atoms. The van der Waals surface area contributed by atoms with Crippen LogP contribution in [0, 0.1) is 13.8 Å². The number of anilines is 1. The number of hydrogen-bond donors (Lipinski definition) is 1. The third-order valence-corrected chi connectivity index (χ3v) is 2.83. The smallest absolute Gasteiger partial charge is 0.162 e. The van der Waals surface area contributed by atoms with Crippen molar-refractivity contribution >= 4 is 5.82 Å². The second-order valence-electron chi connectivity index (χ2n) is 4.25. The van der Waals surface area contributed by atoms with E-state index >= 15 is 0 Å². The summed E-state index contributed by atoms with van der Waals surface area (Å²) < 4.78 is 1.89. The van der Waals surface area contributed by atoms with Crippen LogP contribution < -0.4 is 5.32 Å². The summed E-state index contributed by atoms with van der Waals surface area (Å²) in [4.78, 5) is 8.68. The van der Waals surface area contributed by atoms with E-state index in [1.807, 2.05) is 18.5 Å². The van der Waals surface area contributed by atoms with Crippen molar-refractivity contribution in [1.29, 1.82) is 0 Å². The third-order valence-electron chi connectivity index (χ3n) is 2.83. The van der Waals surface area contributed by atoms with Crippen molar-refractivity contribution in [3.05, 3.63) is 29.3 Å². The second kappa shape index (κ2) is 5.16. The zero-order valence-corrected chi connectivity index (χ0v) is 11.4.